The summed E-state index contributed by atoms with van der Waals surface area (Å²) >= 11 is 0. The molecule has 33 heavy (non-hydrogen) atoms. The number of nitrogens with zero attached hydrogens (tertiary/aromatic N) is 5. The summed E-state index contributed by atoms with van der Waals surface area (Å²) in [6, 6.07) is 3.49. The van der Waals surface area contributed by atoms with Gasteiger partial charge < -0.3 is 25.3 Å². The Bertz CT molecular complexity index is 1200. The average Bonchev–Trinajstić information content (AvgIpc) is 3.15. The fraction of sp³-hybridized carbons (Fsp3) is 0.318. The summed E-state index contributed by atoms with van der Waals surface area (Å²) in [6.07, 6.45) is 5.56. The second-order valence-electron chi connectivity index (χ2n) is 7.31. The Labute approximate surface area is 191 Å². The molecule has 4 heterocycles. The summed E-state index contributed by atoms with van der Waals surface area (Å²) in [5, 5.41) is 15.7. The zero-order chi connectivity index (χ0) is 23.4. The normalized spacial score (nSPS) is 13.9. The second kappa shape index (κ2) is 9.55. The van der Waals surface area contributed by atoms with Crippen LogP contribution in [-0.2, 0) is 11.8 Å². The molecule has 0 spiro atoms. The van der Waals surface area contributed by atoms with Crippen LogP contribution >= 0.6 is 0 Å². The van der Waals surface area contributed by atoms with Crippen molar-refractivity contribution >= 4 is 23.1 Å². The SMILES string of the molecule is CCOC(=N)/C(=C(/C)N)c1cnc2cc1OCCCOc1c(cnn1C)-c1nccc(n1)N2. The van der Waals surface area contributed by atoms with E-state index >= 15 is 0 Å². The van der Waals surface area contributed by atoms with E-state index in [1.165, 1.54) is 0 Å². The highest BCUT2D eigenvalue weighted by atomic mass is 16.5. The maximum Gasteiger partial charge on any atom is 0.222 e. The van der Waals surface area contributed by atoms with Crippen LogP contribution in [0.3, 0.4) is 0 Å². The van der Waals surface area contributed by atoms with Gasteiger partial charge in [-0.2, -0.15) is 5.10 Å². The van der Waals surface area contributed by atoms with E-state index in [0.717, 1.165) is 0 Å². The molecule has 3 aromatic heterocycles. The topological polar surface area (TPSA) is 146 Å². The van der Waals surface area contributed by atoms with E-state index in [0.29, 0.717) is 77.7 Å². The standard InChI is InChI=1S/C22H26N8O3/c1-4-31-20(24)19(13(2)23)14-11-26-18-10-16(14)32-8-5-9-33-22-15(12-27-30(22)3)21-25-7-6-17(28-18)29-21/h6-7,10-12,24H,4-5,8-9,23H2,1-3H3,(H,25,26,28,29)/b19-13-,24-20?. The lowest BCUT2D eigenvalue weighted by Crippen LogP contribution is -2.14. The first-order chi connectivity index (χ1) is 16.0. The Morgan fingerprint density at radius 2 is 2.06 bits per heavy atom. The number of allylic oxidation sites excluding steroid dienone is 1. The van der Waals surface area contributed by atoms with Crippen molar-refractivity contribution in [2.75, 3.05) is 25.1 Å². The molecule has 0 radical (unpaired) electrons. The van der Waals surface area contributed by atoms with Gasteiger partial charge in [-0.3, -0.25) is 5.41 Å². The van der Waals surface area contributed by atoms with E-state index in [4.69, 9.17) is 25.4 Å². The number of anilines is 2. The number of nitrogens with two attached hydrogens (primary N) is 1. The smallest absolute Gasteiger partial charge is 0.222 e. The molecule has 4 rings (SSSR count). The van der Waals surface area contributed by atoms with Crippen LogP contribution in [0.4, 0.5) is 11.6 Å². The number of hydrogen-bond donors (Lipinski definition) is 3. The number of pyridine rings is 1. The molecular weight excluding hydrogens is 424 g/mol. The Morgan fingerprint density at radius 1 is 1.24 bits per heavy atom. The molecule has 0 unspecified atom stereocenters. The number of aryl methyl sites for hydroxylation is 1. The number of rotatable bonds is 3. The van der Waals surface area contributed by atoms with Crippen molar-refractivity contribution in [1.29, 1.82) is 5.41 Å². The Balaban J connectivity index is 1.75. The van der Waals surface area contributed by atoms with Gasteiger partial charge in [-0.25, -0.2) is 19.6 Å². The van der Waals surface area contributed by atoms with E-state index in [9.17, 15) is 0 Å². The Morgan fingerprint density at radius 3 is 2.85 bits per heavy atom. The minimum absolute atomic E-state index is 0.0354. The third-order valence-corrected chi connectivity index (χ3v) is 4.87. The molecule has 1 aliphatic heterocycles. The van der Waals surface area contributed by atoms with Gasteiger partial charge in [0, 0.05) is 43.2 Å². The lowest BCUT2D eigenvalue weighted by molar-refractivity contribution is 0.236. The minimum Gasteiger partial charge on any atom is -0.493 e. The van der Waals surface area contributed by atoms with Gasteiger partial charge in [0.05, 0.1) is 31.6 Å². The first kappa shape index (κ1) is 22.1. The van der Waals surface area contributed by atoms with E-state index in [1.54, 1.807) is 49.4 Å². The summed E-state index contributed by atoms with van der Waals surface area (Å²) < 4.78 is 19.1. The van der Waals surface area contributed by atoms with Crippen LogP contribution in [0.15, 0.2) is 36.4 Å². The van der Waals surface area contributed by atoms with Crippen LogP contribution in [0.25, 0.3) is 17.0 Å². The fourth-order valence-corrected chi connectivity index (χ4v) is 3.39. The van der Waals surface area contributed by atoms with Crippen LogP contribution in [0.2, 0.25) is 0 Å². The molecule has 0 saturated heterocycles. The zero-order valence-corrected chi connectivity index (χ0v) is 18.8. The van der Waals surface area contributed by atoms with Crippen molar-refractivity contribution < 1.29 is 14.2 Å². The predicted molar refractivity (Wildman–Crippen MR) is 123 cm³/mol. The molecule has 1 aliphatic rings. The molecule has 4 N–H and O–H groups in total. The molecular formula is C22H26N8O3. The molecule has 11 nitrogen and oxygen atoms in total. The quantitative estimate of drug-likeness (QED) is 0.405. The molecule has 11 heteroatoms. The van der Waals surface area contributed by atoms with Crippen LogP contribution in [0.1, 0.15) is 25.8 Å². The van der Waals surface area contributed by atoms with Gasteiger partial charge in [0.2, 0.25) is 11.8 Å². The molecule has 3 aromatic rings. The van der Waals surface area contributed by atoms with Crippen molar-refractivity contribution in [3.8, 4) is 23.0 Å². The number of hydrogen-bond acceptors (Lipinski definition) is 10. The van der Waals surface area contributed by atoms with Crippen molar-refractivity contribution in [3.05, 3.63) is 42.0 Å². The lowest BCUT2D eigenvalue weighted by Gasteiger charge is -2.18. The number of aromatic nitrogens is 5. The number of nitrogens with one attached hydrogen (secondary N) is 2. The minimum atomic E-state index is -0.0354. The second-order valence-corrected chi connectivity index (χ2v) is 7.31. The lowest BCUT2D eigenvalue weighted by atomic mass is 10.0. The van der Waals surface area contributed by atoms with Gasteiger partial charge in [-0.1, -0.05) is 0 Å². The van der Waals surface area contributed by atoms with Crippen molar-refractivity contribution in [3.63, 3.8) is 0 Å². The highest BCUT2D eigenvalue weighted by Crippen LogP contribution is 2.32. The fourth-order valence-electron chi connectivity index (χ4n) is 3.39. The molecule has 0 saturated carbocycles. The summed E-state index contributed by atoms with van der Waals surface area (Å²) in [7, 11) is 1.80. The maximum absolute atomic E-state index is 8.29. The van der Waals surface area contributed by atoms with E-state index < -0.39 is 0 Å². The highest BCUT2D eigenvalue weighted by Gasteiger charge is 2.20. The van der Waals surface area contributed by atoms with E-state index in [1.807, 2.05) is 6.92 Å². The monoisotopic (exact) mass is 450 g/mol. The first-order valence-electron chi connectivity index (χ1n) is 10.5. The zero-order valence-electron chi connectivity index (χ0n) is 18.8. The average molecular weight is 451 g/mol. The van der Waals surface area contributed by atoms with Crippen molar-refractivity contribution in [2.24, 2.45) is 12.8 Å². The highest BCUT2D eigenvalue weighted by molar-refractivity contribution is 6.19. The van der Waals surface area contributed by atoms with Gasteiger partial charge in [0.15, 0.2) is 5.82 Å². The molecule has 0 amide bonds. The van der Waals surface area contributed by atoms with Gasteiger partial charge in [0.1, 0.15) is 22.9 Å². The van der Waals surface area contributed by atoms with Crippen molar-refractivity contribution in [2.45, 2.75) is 20.3 Å². The van der Waals surface area contributed by atoms with Crippen molar-refractivity contribution in [1.82, 2.24) is 24.7 Å². The Hall–Kier alpha value is -4.15. The predicted octanol–water partition coefficient (Wildman–Crippen LogP) is 2.88. The van der Waals surface area contributed by atoms with Crippen LogP contribution in [0, 0.1) is 5.41 Å². The maximum atomic E-state index is 8.29. The van der Waals surface area contributed by atoms with Crippen LogP contribution in [-0.4, -0.2) is 50.5 Å². The molecule has 172 valence electrons. The third kappa shape index (κ3) is 4.71. The Kier molecular flexibility index (Phi) is 6.38. The van der Waals surface area contributed by atoms with Gasteiger partial charge in [-0.15, -0.1) is 0 Å². The number of ether oxygens (including phenoxy) is 3. The van der Waals surface area contributed by atoms with Gasteiger partial charge in [0.25, 0.3) is 0 Å². The first-order valence-corrected chi connectivity index (χ1v) is 10.5. The van der Waals surface area contributed by atoms with E-state index in [2.05, 4.69) is 25.4 Å². The van der Waals surface area contributed by atoms with Crippen LogP contribution in [0.5, 0.6) is 11.6 Å². The third-order valence-electron chi connectivity index (χ3n) is 4.87. The summed E-state index contributed by atoms with van der Waals surface area (Å²) in [5.74, 6) is 2.62. The molecule has 0 fully saturated rings. The summed E-state index contributed by atoms with van der Waals surface area (Å²) in [5.41, 5.74) is 8.24. The van der Waals surface area contributed by atoms with Crippen LogP contribution < -0.4 is 20.5 Å². The molecule has 0 aliphatic carbocycles. The molecule has 4 bridgehead atoms. The molecule has 0 atom stereocenters. The number of fused-ring (bicyclic) bond motifs is 6. The van der Waals surface area contributed by atoms with Gasteiger partial charge in [-0.05, 0) is 19.9 Å². The van der Waals surface area contributed by atoms with E-state index in [-0.39, 0.29) is 5.90 Å². The molecule has 0 aromatic carbocycles. The largest absolute Gasteiger partial charge is 0.493 e. The van der Waals surface area contributed by atoms with Gasteiger partial charge >= 0.3 is 0 Å². The summed E-state index contributed by atoms with van der Waals surface area (Å²) in [4.78, 5) is 13.4. The summed E-state index contributed by atoms with van der Waals surface area (Å²) in [6.45, 7) is 4.67.